The van der Waals surface area contributed by atoms with Gasteiger partial charge in [-0.1, -0.05) is 67.4 Å². The van der Waals surface area contributed by atoms with E-state index in [1.807, 2.05) is 27.7 Å². The first-order valence-electron chi connectivity index (χ1n) is 14.2. The molecule has 1 N–H and O–H groups in total. The Morgan fingerprint density at radius 1 is 0.929 bits per heavy atom. The molecule has 0 aliphatic rings. The highest BCUT2D eigenvalue weighted by molar-refractivity contribution is 7.92. The van der Waals surface area contributed by atoms with Gasteiger partial charge in [-0.3, -0.25) is 13.9 Å². The first-order valence-corrected chi connectivity index (χ1v) is 16.0. The Labute approximate surface area is 254 Å². The summed E-state index contributed by atoms with van der Waals surface area (Å²) < 4.78 is 35.1. The number of anilines is 1. The second kappa shape index (κ2) is 15.1. The highest BCUT2D eigenvalue weighted by atomic mass is 35.5. The molecule has 0 fully saturated rings. The number of ether oxygens (including phenoxy) is 1. The third-order valence-electron chi connectivity index (χ3n) is 6.97. The molecule has 10 heteroatoms. The van der Waals surface area contributed by atoms with Gasteiger partial charge >= 0.3 is 0 Å². The normalized spacial score (nSPS) is 12.7. The number of carbonyl (C=O) groups is 2. The van der Waals surface area contributed by atoms with Crippen LogP contribution in [-0.2, 0) is 26.2 Å². The van der Waals surface area contributed by atoms with Gasteiger partial charge in [0.1, 0.15) is 18.3 Å². The summed E-state index contributed by atoms with van der Waals surface area (Å²) in [5, 5.41) is 3.52. The smallest absolute Gasteiger partial charge is 0.264 e. The quantitative estimate of drug-likeness (QED) is 0.242. The van der Waals surface area contributed by atoms with Crippen LogP contribution >= 0.6 is 11.6 Å². The van der Waals surface area contributed by atoms with E-state index in [0.717, 1.165) is 21.9 Å². The Morgan fingerprint density at radius 2 is 1.57 bits per heavy atom. The van der Waals surface area contributed by atoms with Crippen LogP contribution in [0.2, 0.25) is 5.02 Å². The van der Waals surface area contributed by atoms with E-state index in [-0.39, 0.29) is 29.1 Å². The highest BCUT2D eigenvalue weighted by Gasteiger charge is 2.35. The lowest BCUT2D eigenvalue weighted by Crippen LogP contribution is -2.53. The summed E-state index contributed by atoms with van der Waals surface area (Å²) in [5.41, 5.74) is 1.89. The summed E-state index contributed by atoms with van der Waals surface area (Å²) >= 11 is 6.09. The number of rotatable bonds is 14. The van der Waals surface area contributed by atoms with Crippen molar-refractivity contribution >= 4 is 39.1 Å². The third kappa shape index (κ3) is 8.26. The highest BCUT2D eigenvalue weighted by Crippen LogP contribution is 2.33. The molecular weight excluding hydrogens is 574 g/mol. The number of hydrogen-bond acceptors (Lipinski definition) is 5. The van der Waals surface area contributed by atoms with E-state index in [2.05, 4.69) is 5.32 Å². The van der Waals surface area contributed by atoms with Crippen molar-refractivity contribution in [3.8, 4) is 5.75 Å². The predicted molar refractivity (Wildman–Crippen MR) is 167 cm³/mol. The van der Waals surface area contributed by atoms with Crippen LogP contribution in [-0.4, -0.2) is 50.4 Å². The van der Waals surface area contributed by atoms with Crippen molar-refractivity contribution in [3.05, 3.63) is 88.9 Å². The summed E-state index contributed by atoms with van der Waals surface area (Å²) in [5.74, 6) is -0.496. The molecule has 3 aromatic rings. The van der Waals surface area contributed by atoms with Crippen LogP contribution in [0.5, 0.6) is 5.75 Å². The fourth-order valence-electron chi connectivity index (χ4n) is 4.44. The standard InChI is InChI=1S/C32H40ClN3O5S/c1-6-24(5)34-32(38)28(7-2)35(21-25-15-17-26(33)18-16-25)31(37)22-36(29-11-9-10-12-30(29)41-8-3)42(39,40)27-19-13-23(4)14-20-27/h9-20,24,28H,6-8,21-22H2,1-5H3,(H,34,38). The van der Waals surface area contributed by atoms with Gasteiger partial charge in [-0.2, -0.15) is 0 Å². The Hall–Kier alpha value is -3.56. The van der Waals surface area contributed by atoms with Gasteiger partial charge in [0.2, 0.25) is 11.8 Å². The first-order chi connectivity index (χ1) is 20.0. The number of nitrogens with one attached hydrogen (secondary N) is 1. The number of para-hydroxylation sites is 2. The van der Waals surface area contributed by atoms with Crippen molar-refractivity contribution in [2.24, 2.45) is 0 Å². The predicted octanol–water partition coefficient (Wildman–Crippen LogP) is 5.96. The molecule has 0 bridgehead atoms. The molecule has 42 heavy (non-hydrogen) atoms. The van der Waals surface area contributed by atoms with Crippen LogP contribution in [0.1, 0.15) is 51.7 Å². The zero-order valence-electron chi connectivity index (χ0n) is 24.8. The number of amides is 2. The Kier molecular flexibility index (Phi) is 11.8. The van der Waals surface area contributed by atoms with Crippen LogP contribution in [0, 0.1) is 6.92 Å². The molecule has 226 valence electrons. The molecule has 2 unspecified atom stereocenters. The fourth-order valence-corrected chi connectivity index (χ4v) is 5.99. The number of nitrogens with zero attached hydrogens (tertiary/aromatic N) is 2. The van der Waals surface area contributed by atoms with Gasteiger partial charge in [-0.05, 0) is 75.6 Å². The van der Waals surface area contributed by atoms with Crippen molar-refractivity contribution in [2.75, 3.05) is 17.5 Å². The lowest BCUT2D eigenvalue weighted by molar-refractivity contribution is -0.140. The van der Waals surface area contributed by atoms with Crippen LogP contribution in [0.4, 0.5) is 5.69 Å². The number of aryl methyl sites for hydroxylation is 1. The molecule has 3 rings (SSSR count). The molecule has 0 aromatic heterocycles. The minimum atomic E-state index is -4.21. The number of benzene rings is 3. The van der Waals surface area contributed by atoms with Crippen LogP contribution in [0.15, 0.2) is 77.7 Å². The van der Waals surface area contributed by atoms with Gasteiger partial charge in [0.25, 0.3) is 10.0 Å². The first kappa shape index (κ1) is 32.9. The average Bonchev–Trinajstić information content (AvgIpc) is 2.97. The van der Waals surface area contributed by atoms with Crippen LogP contribution in [0.3, 0.4) is 0 Å². The molecule has 0 spiro atoms. The maximum atomic E-state index is 14.2. The maximum absolute atomic E-state index is 14.2. The Bertz CT molecular complexity index is 1450. The van der Waals surface area contributed by atoms with E-state index in [9.17, 15) is 18.0 Å². The molecule has 0 aliphatic heterocycles. The van der Waals surface area contributed by atoms with Crippen molar-refractivity contribution in [1.29, 1.82) is 0 Å². The molecule has 0 radical (unpaired) electrons. The van der Waals surface area contributed by atoms with E-state index >= 15 is 0 Å². The molecule has 0 aliphatic carbocycles. The molecule has 3 aromatic carbocycles. The Balaban J connectivity index is 2.10. The summed E-state index contributed by atoms with van der Waals surface area (Å²) in [6, 6.07) is 19.3. The monoisotopic (exact) mass is 613 g/mol. The van der Waals surface area contributed by atoms with Crippen molar-refractivity contribution in [2.45, 2.75) is 71.0 Å². The van der Waals surface area contributed by atoms with E-state index < -0.39 is 28.5 Å². The number of hydrogen-bond donors (Lipinski definition) is 1. The zero-order valence-corrected chi connectivity index (χ0v) is 26.4. The molecule has 2 amide bonds. The molecule has 0 saturated carbocycles. The lowest BCUT2D eigenvalue weighted by Gasteiger charge is -2.34. The van der Waals surface area contributed by atoms with Gasteiger partial charge in [-0.25, -0.2) is 8.42 Å². The minimum Gasteiger partial charge on any atom is -0.492 e. The lowest BCUT2D eigenvalue weighted by atomic mass is 10.1. The van der Waals surface area contributed by atoms with E-state index in [4.69, 9.17) is 16.3 Å². The molecule has 8 nitrogen and oxygen atoms in total. The second-order valence-electron chi connectivity index (χ2n) is 10.1. The van der Waals surface area contributed by atoms with Crippen molar-refractivity contribution < 1.29 is 22.7 Å². The summed E-state index contributed by atoms with van der Waals surface area (Å²) in [7, 11) is -4.21. The SMILES string of the molecule is CCOc1ccccc1N(CC(=O)N(Cc1ccc(Cl)cc1)C(CC)C(=O)NC(C)CC)S(=O)(=O)c1ccc(C)cc1. The summed E-state index contributed by atoms with van der Waals surface area (Å²) in [4.78, 5) is 29.1. The molecule has 0 saturated heterocycles. The third-order valence-corrected chi connectivity index (χ3v) is 9.00. The van der Waals surface area contributed by atoms with Gasteiger partial charge in [0, 0.05) is 17.6 Å². The maximum Gasteiger partial charge on any atom is 0.264 e. The van der Waals surface area contributed by atoms with Gasteiger partial charge in [-0.15, -0.1) is 0 Å². The Morgan fingerprint density at radius 3 is 2.17 bits per heavy atom. The van der Waals surface area contributed by atoms with E-state index in [0.29, 0.717) is 23.8 Å². The second-order valence-corrected chi connectivity index (χ2v) is 12.4. The molecule has 0 heterocycles. The summed E-state index contributed by atoms with van der Waals surface area (Å²) in [6.07, 6.45) is 1.06. The van der Waals surface area contributed by atoms with Crippen LogP contribution in [0.25, 0.3) is 0 Å². The molecular formula is C32H40ClN3O5S. The summed E-state index contributed by atoms with van der Waals surface area (Å²) in [6.45, 7) is 9.22. The largest absolute Gasteiger partial charge is 0.492 e. The van der Waals surface area contributed by atoms with Crippen molar-refractivity contribution in [1.82, 2.24) is 10.2 Å². The van der Waals surface area contributed by atoms with E-state index in [1.54, 1.807) is 67.6 Å². The number of halogens is 1. The molecule has 2 atom stereocenters. The van der Waals surface area contributed by atoms with Crippen LogP contribution < -0.4 is 14.4 Å². The van der Waals surface area contributed by atoms with Gasteiger partial charge < -0.3 is 15.0 Å². The van der Waals surface area contributed by atoms with Crippen molar-refractivity contribution in [3.63, 3.8) is 0 Å². The minimum absolute atomic E-state index is 0.0398. The van der Waals surface area contributed by atoms with Gasteiger partial charge in [0.15, 0.2) is 0 Å². The zero-order chi connectivity index (χ0) is 30.9. The topological polar surface area (TPSA) is 96.0 Å². The van der Waals surface area contributed by atoms with E-state index in [1.165, 1.54) is 17.0 Å². The fraction of sp³-hybridized carbons (Fsp3) is 0.375. The van der Waals surface area contributed by atoms with Gasteiger partial charge in [0.05, 0.1) is 17.2 Å². The average molecular weight is 614 g/mol. The number of sulfonamides is 1. The number of carbonyl (C=O) groups excluding carboxylic acids is 2.